The molecule has 174 valence electrons. The number of amides is 2. The number of hydrogen-bond acceptors (Lipinski definition) is 6. The van der Waals surface area contributed by atoms with E-state index in [-0.39, 0.29) is 23.9 Å². The Bertz CT molecular complexity index is 1040. The molecule has 0 aliphatic heterocycles. The van der Waals surface area contributed by atoms with Crippen LogP contribution in [0.3, 0.4) is 0 Å². The van der Waals surface area contributed by atoms with E-state index in [1.165, 1.54) is 32.2 Å². The van der Waals surface area contributed by atoms with E-state index in [9.17, 15) is 18.0 Å². The van der Waals surface area contributed by atoms with Gasteiger partial charge in [0, 0.05) is 19.7 Å². The summed E-state index contributed by atoms with van der Waals surface area (Å²) >= 11 is 0. The fourth-order valence-corrected chi connectivity index (χ4v) is 4.00. The fourth-order valence-electron chi connectivity index (χ4n) is 3.16. The third-order valence-corrected chi connectivity index (χ3v) is 6.07. The number of nitrogens with one attached hydrogen (secondary N) is 1. The molecule has 0 bridgehead atoms. The van der Waals surface area contributed by atoms with Crippen LogP contribution in [0.5, 0.6) is 11.5 Å². The zero-order valence-corrected chi connectivity index (χ0v) is 19.7. The molecular weight excluding hydrogens is 434 g/mol. The number of hydrogen-bond donors (Lipinski definition) is 1. The topological polar surface area (TPSA) is 105 Å². The Hall–Kier alpha value is -3.27. The summed E-state index contributed by atoms with van der Waals surface area (Å²) in [6.07, 6.45) is 1.00. The summed E-state index contributed by atoms with van der Waals surface area (Å²) in [5.41, 5.74) is 0.969. The lowest BCUT2D eigenvalue weighted by molar-refractivity contribution is -0.139. The molecule has 2 rings (SSSR count). The largest absolute Gasteiger partial charge is 0.497 e. The van der Waals surface area contributed by atoms with E-state index >= 15 is 0 Å². The number of methoxy groups -OCH3 is 2. The first-order valence-electron chi connectivity index (χ1n) is 9.87. The van der Waals surface area contributed by atoms with Crippen LogP contribution in [0.1, 0.15) is 12.5 Å². The lowest BCUT2D eigenvalue weighted by atomic mass is 10.1. The summed E-state index contributed by atoms with van der Waals surface area (Å²) in [4.78, 5) is 27.0. The van der Waals surface area contributed by atoms with Crippen LogP contribution < -0.4 is 19.1 Å². The van der Waals surface area contributed by atoms with Crippen molar-refractivity contribution < 1.29 is 27.5 Å². The van der Waals surface area contributed by atoms with Gasteiger partial charge in [-0.05, 0) is 24.6 Å². The molecule has 9 nitrogen and oxygen atoms in total. The molecule has 0 aliphatic rings. The van der Waals surface area contributed by atoms with Gasteiger partial charge in [0.15, 0.2) is 0 Å². The van der Waals surface area contributed by atoms with Crippen molar-refractivity contribution in [2.45, 2.75) is 19.5 Å². The van der Waals surface area contributed by atoms with Gasteiger partial charge in [-0.25, -0.2) is 8.42 Å². The maximum absolute atomic E-state index is 13.4. The first kappa shape index (κ1) is 25.0. The molecule has 1 unspecified atom stereocenters. The highest BCUT2D eigenvalue weighted by Crippen LogP contribution is 2.33. The number of rotatable bonds is 10. The van der Waals surface area contributed by atoms with Gasteiger partial charge in [0.25, 0.3) is 0 Å². The quantitative estimate of drug-likeness (QED) is 0.574. The second-order valence-electron chi connectivity index (χ2n) is 7.10. The molecule has 32 heavy (non-hydrogen) atoms. The third kappa shape index (κ3) is 6.13. The number of anilines is 1. The van der Waals surface area contributed by atoms with E-state index in [2.05, 4.69) is 5.32 Å². The smallest absolute Gasteiger partial charge is 0.244 e. The average molecular weight is 464 g/mol. The standard InChI is InChI=1S/C22H29N3O6S/c1-16(22(27)23-2)24(14-17-9-7-6-8-10-17)21(26)15-25(32(5,28)29)19-13-18(30-3)11-12-20(19)31-4/h6-13,16H,14-15H2,1-5H3,(H,23,27). The van der Waals surface area contributed by atoms with Gasteiger partial charge in [-0.3, -0.25) is 13.9 Å². The summed E-state index contributed by atoms with van der Waals surface area (Å²) in [7, 11) is 0.460. The third-order valence-electron chi connectivity index (χ3n) is 4.94. The Balaban J connectivity index is 2.46. The number of ether oxygens (including phenoxy) is 2. The van der Waals surface area contributed by atoms with Crippen molar-refractivity contribution in [1.82, 2.24) is 10.2 Å². The predicted octanol–water partition coefficient (Wildman–Crippen LogP) is 1.63. The zero-order chi connectivity index (χ0) is 23.9. The van der Waals surface area contributed by atoms with Crippen molar-refractivity contribution in [1.29, 1.82) is 0 Å². The van der Waals surface area contributed by atoms with Gasteiger partial charge in [-0.2, -0.15) is 0 Å². The molecule has 2 aromatic rings. The molecule has 2 aromatic carbocycles. The molecule has 0 spiro atoms. The Labute approximate surface area is 189 Å². The average Bonchev–Trinajstić information content (AvgIpc) is 2.79. The molecule has 0 saturated carbocycles. The highest BCUT2D eigenvalue weighted by atomic mass is 32.2. The molecule has 0 heterocycles. The van der Waals surface area contributed by atoms with Crippen molar-refractivity contribution in [3.8, 4) is 11.5 Å². The van der Waals surface area contributed by atoms with Crippen LogP contribution in [0.4, 0.5) is 5.69 Å². The Kier molecular flexibility index (Phi) is 8.48. The van der Waals surface area contributed by atoms with E-state index in [1.54, 1.807) is 19.1 Å². The van der Waals surface area contributed by atoms with Gasteiger partial charge in [-0.1, -0.05) is 30.3 Å². The molecule has 10 heteroatoms. The van der Waals surface area contributed by atoms with Crippen molar-refractivity contribution in [2.75, 3.05) is 38.4 Å². The van der Waals surface area contributed by atoms with Crippen LogP contribution in [0.2, 0.25) is 0 Å². The van der Waals surface area contributed by atoms with Gasteiger partial charge in [0.2, 0.25) is 21.8 Å². The van der Waals surface area contributed by atoms with Crippen molar-refractivity contribution >= 4 is 27.5 Å². The summed E-state index contributed by atoms with van der Waals surface area (Å²) in [5.74, 6) is -0.237. The molecule has 0 aliphatic carbocycles. The fraction of sp³-hybridized carbons (Fsp3) is 0.364. The first-order valence-corrected chi connectivity index (χ1v) is 11.7. The van der Waals surface area contributed by atoms with Crippen LogP contribution in [0, 0.1) is 0 Å². The predicted molar refractivity (Wildman–Crippen MR) is 122 cm³/mol. The van der Waals surface area contributed by atoms with E-state index in [0.29, 0.717) is 5.75 Å². The van der Waals surface area contributed by atoms with Crippen molar-refractivity contribution in [3.05, 3.63) is 54.1 Å². The van der Waals surface area contributed by atoms with E-state index in [4.69, 9.17) is 9.47 Å². The summed E-state index contributed by atoms with van der Waals surface area (Å²) in [6.45, 7) is 1.22. The van der Waals surface area contributed by atoms with Gasteiger partial charge >= 0.3 is 0 Å². The number of carbonyl (C=O) groups excluding carboxylic acids is 2. The van der Waals surface area contributed by atoms with Crippen molar-refractivity contribution in [3.63, 3.8) is 0 Å². The molecule has 0 fully saturated rings. The molecule has 0 saturated heterocycles. The molecular formula is C22H29N3O6S. The molecule has 1 atom stereocenters. The first-order chi connectivity index (χ1) is 15.1. The van der Waals surface area contributed by atoms with Crippen LogP contribution in [-0.4, -0.2) is 65.2 Å². The number of nitrogens with zero attached hydrogens (tertiary/aromatic N) is 2. The zero-order valence-electron chi connectivity index (χ0n) is 18.9. The minimum absolute atomic E-state index is 0.140. The minimum atomic E-state index is -3.88. The Morgan fingerprint density at radius 3 is 2.25 bits per heavy atom. The molecule has 1 N–H and O–H groups in total. The van der Waals surface area contributed by atoms with Crippen LogP contribution in [-0.2, 0) is 26.2 Å². The van der Waals surface area contributed by atoms with Gasteiger partial charge < -0.3 is 19.7 Å². The summed E-state index contributed by atoms with van der Waals surface area (Å²) < 4.78 is 36.8. The van der Waals surface area contributed by atoms with Crippen molar-refractivity contribution in [2.24, 2.45) is 0 Å². The molecule has 0 radical (unpaired) electrons. The van der Waals surface area contributed by atoms with E-state index in [1.807, 2.05) is 30.3 Å². The SMILES string of the molecule is CNC(=O)C(C)N(Cc1ccccc1)C(=O)CN(c1cc(OC)ccc1OC)S(C)(=O)=O. The maximum Gasteiger partial charge on any atom is 0.244 e. The Morgan fingerprint density at radius 1 is 1.06 bits per heavy atom. The second-order valence-corrected chi connectivity index (χ2v) is 9.01. The normalized spacial score (nSPS) is 11.9. The Morgan fingerprint density at radius 2 is 1.72 bits per heavy atom. The molecule has 2 amide bonds. The summed E-state index contributed by atoms with van der Waals surface area (Å²) in [6, 6.07) is 13.0. The highest BCUT2D eigenvalue weighted by Gasteiger charge is 2.31. The van der Waals surface area contributed by atoms with Crippen LogP contribution in [0.25, 0.3) is 0 Å². The lowest BCUT2D eigenvalue weighted by Crippen LogP contribution is -2.50. The monoisotopic (exact) mass is 463 g/mol. The second kappa shape index (κ2) is 10.9. The maximum atomic E-state index is 13.4. The number of likely N-dealkylation sites (N-methyl/N-ethyl adjacent to an activating group) is 1. The van der Waals surface area contributed by atoms with E-state index in [0.717, 1.165) is 16.1 Å². The number of carbonyl (C=O) groups is 2. The number of sulfonamides is 1. The van der Waals surface area contributed by atoms with Gasteiger partial charge in [0.05, 0.1) is 26.2 Å². The van der Waals surface area contributed by atoms with E-state index < -0.39 is 28.5 Å². The molecule has 0 aromatic heterocycles. The summed E-state index contributed by atoms with van der Waals surface area (Å²) in [5, 5.41) is 2.53. The van der Waals surface area contributed by atoms with Gasteiger partial charge in [0.1, 0.15) is 24.1 Å². The van der Waals surface area contributed by atoms with Crippen LogP contribution in [0.15, 0.2) is 48.5 Å². The highest BCUT2D eigenvalue weighted by molar-refractivity contribution is 7.92. The van der Waals surface area contributed by atoms with Gasteiger partial charge in [-0.15, -0.1) is 0 Å². The lowest BCUT2D eigenvalue weighted by Gasteiger charge is -2.31. The minimum Gasteiger partial charge on any atom is -0.497 e. The number of benzene rings is 2. The van der Waals surface area contributed by atoms with Crippen LogP contribution >= 0.6 is 0 Å².